The van der Waals surface area contributed by atoms with E-state index in [1.54, 1.807) is 4.98 Å². The Labute approximate surface area is 81.1 Å². The van der Waals surface area contributed by atoms with Gasteiger partial charge in [-0.05, 0) is 6.07 Å². The van der Waals surface area contributed by atoms with Crippen LogP contribution in [-0.2, 0) is 0 Å². The van der Waals surface area contributed by atoms with Gasteiger partial charge in [0.2, 0.25) is 0 Å². The summed E-state index contributed by atoms with van der Waals surface area (Å²) in [7, 11) is 0. The number of aromatic carboxylic acids is 1. The van der Waals surface area contributed by atoms with Gasteiger partial charge in [0.25, 0.3) is 12.0 Å². The van der Waals surface area contributed by atoms with Gasteiger partial charge in [-0.1, -0.05) is 11.6 Å². The quantitative estimate of drug-likeness (QED) is 0.801. The van der Waals surface area contributed by atoms with Gasteiger partial charge in [0.15, 0.2) is 0 Å². The minimum atomic E-state index is -2.95. The minimum absolute atomic E-state index is 0.475. The van der Waals surface area contributed by atoms with Crippen LogP contribution in [0, 0.1) is 0 Å². The molecule has 0 atom stereocenters. The van der Waals surface area contributed by atoms with E-state index >= 15 is 0 Å². The number of nitrogens with one attached hydrogen (secondary N) is 1. The Morgan fingerprint density at radius 1 is 1.57 bits per heavy atom. The van der Waals surface area contributed by atoms with Crippen molar-refractivity contribution >= 4 is 17.6 Å². The van der Waals surface area contributed by atoms with Crippen LogP contribution in [0.15, 0.2) is 10.9 Å². The van der Waals surface area contributed by atoms with Crippen molar-refractivity contribution in [3.8, 4) is 0 Å². The zero-order valence-electron chi connectivity index (χ0n) is 6.55. The summed E-state index contributed by atoms with van der Waals surface area (Å²) in [6.07, 6.45) is -2.95. The molecule has 14 heavy (non-hydrogen) atoms. The summed E-state index contributed by atoms with van der Waals surface area (Å²) in [6.45, 7) is 0. The van der Waals surface area contributed by atoms with Gasteiger partial charge in [0.1, 0.15) is 11.3 Å². The molecule has 76 valence electrons. The zero-order valence-corrected chi connectivity index (χ0v) is 7.31. The Morgan fingerprint density at radius 3 is 2.57 bits per heavy atom. The lowest BCUT2D eigenvalue weighted by Crippen LogP contribution is -2.19. The largest absolute Gasteiger partial charge is 0.477 e. The molecule has 7 heteroatoms. The third-order valence-electron chi connectivity index (χ3n) is 1.47. The van der Waals surface area contributed by atoms with E-state index in [1.807, 2.05) is 0 Å². The predicted octanol–water partition coefficient (Wildman–Crippen LogP) is 1.66. The molecule has 0 unspecified atom stereocenters. The van der Waals surface area contributed by atoms with Gasteiger partial charge in [-0.15, -0.1) is 0 Å². The monoisotopic (exact) mass is 223 g/mol. The van der Waals surface area contributed by atoms with E-state index in [1.165, 1.54) is 0 Å². The highest BCUT2D eigenvalue weighted by atomic mass is 35.5. The molecule has 0 aliphatic heterocycles. The highest BCUT2D eigenvalue weighted by molar-refractivity contribution is 6.31. The molecular formula is C7H4ClF2NO3. The number of aromatic nitrogens is 1. The first-order valence-electron chi connectivity index (χ1n) is 3.37. The molecular weight excluding hydrogens is 220 g/mol. The second kappa shape index (κ2) is 3.75. The number of hydrogen-bond donors (Lipinski definition) is 2. The fourth-order valence-corrected chi connectivity index (χ4v) is 1.08. The Kier molecular flexibility index (Phi) is 2.85. The molecule has 1 heterocycles. The SMILES string of the molecule is O=C(O)c1cc(Cl)c(C(F)F)[nH]c1=O. The smallest absolute Gasteiger partial charge is 0.341 e. The number of aromatic amines is 1. The van der Waals surface area contributed by atoms with E-state index in [-0.39, 0.29) is 0 Å². The van der Waals surface area contributed by atoms with Crippen molar-refractivity contribution < 1.29 is 18.7 Å². The summed E-state index contributed by atoms with van der Waals surface area (Å²) in [6, 6.07) is 0.699. The molecule has 0 bridgehead atoms. The average molecular weight is 224 g/mol. The fraction of sp³-hybridized carbons (Fsp3) is 0.143. The van der Waals surface area contributed by atoms with E-state index in [2.05, 4.69) is 0 Å². The van der Waals surface area contributed by atoms with Crippen LogP contribution in [0.4, 0.5) is 8.78 Å². The standard InChI is InChI=1S/C7H4ClF2NO3/c8-3-1-2(7(13)14)6(12)11-4(3)5(9)10/h1,5H,(H,11,12)(H,13,14). The van der Waals surface area contributed by atoms with Crippen LogP contribution in [0.5, 0.6) is 0 Å². The maximum atomic E-state index is 12.1. The van der Waals surface area contributed by atoms with Gasteiger partial charge in [-0.3, -0.25) is 4.79 Å². The molecule has 1 rings (SSSR count). The minimum Gasteiger partial charge on any atom is -0.477 e. The third kappa shape index (κ3) is 1.90. The number of halogens is 3. The number of hydrogen-bond acceptors (Lipinski definition) is 2. The first-order chi connectivity index (χ1) is 6.43. The van der Waals surface area contributed by atoms with Gasteiger partial charge in [0, 0.05) is 0 Å². The lowest BCUT2D eigenvalue weighted by molar-refractivity contribution is 0.0694. The van der Waals surface area contributed by atoms with Crippen LogP contribution in [0.25, 0.3) is 0 Å². The Balaban J connectivity index is 3.39. The van der Waals surface area contributed by atoms with Crippen molar-refractivity contribution in [2.75, 3.05) is 0 Å². The van der Waals surface area contributed by atoms with Crippen LogP contribution in [0.3, 0.4) is 0 Å². The van der Waals surface area contributed by atoms with Gasteiger partial charge < -0.3 is 10.1 Å². The number of pyridine rings is 1. The number of carbonyl (C=O) groups is 1. The van der Waals surface area contributed by atoms with E-state index in [9.17, 15) is 18.4 Å². The Bertz CT molecular complexity index is 429. The van der Waals surface area contributed by atoms with E-state index in [0.717, 1.165) is 0 Å². The molecule has 0 radical (unpaired) electrons. The predicted molar refractivity (Wildman–Crippen MR) is 44.0 cm³/mol. The van der Waals surface area contributed by atoms with Crippen molar-refractivity contribution in [2.24, 2.45) is 0 Å². The van der Waals surface area contributed by atoms with Crippen molar-refractivity contribution in [3.63, 3.8) is 0 Å². The van der Waals surface area contributed by atoms with Gasteiger partial charge >= 0.3 is 5.97 Å². The number of carboxylic acid groups (broad SMARTS) is 1. The van der Waals surface area contributed by atoms with E-state index < -0.39 is 34.2 Å². The molecule has 2 N–H and O–H groups in total. The summed E-state index contributed by atoms with van der Waals surface area (Å²) in [4.78, 5) is 23.0. The molecule has 1 aromatic heterocycles. The molecule has 0 aliphatic rings. The first kappa shape index (κ1) is 10.6. The van der Waals surface area contributed by atoms with Crippen LogP contribution < -0.4 is 5.56 Å². The lowest BCUT2D eigenvalue weighted by atomic mass is 10.2. The molecule has 0 saturated heterocycles. The maximum Gasteiger partial charge on any atom is 0.341 e. The number of carboxylic acids is 1. The molecule has 0 aliphatic carbocycles. The first-order valence-corrected chi connectivity index (χ1v) is 3.75. The number of alkyl halides is 2. The van der Waals surface area contributed by atoms with Crippen LogP contribution in [0.2, 0.25) is 5.02 Å². The van der Waals surface area contributed by atoms with Gasteiger partial charge in [-0.25, -0.2) is 13.6 Å². The Hall–Kier alpha value is -1.43. The third-order valence-corrected chi connectivity index (χ3v) is 1.78. The molecule has 0 spiro atoms. The van der Waals surface area contributed by atoms with Crippen LogP contribution in [-0.4, -0.2) is 16.1 Å². The molecule has 0 saturated carbocycles. The summed E-state index contributed by atoms with van der Waals surface area (Å²) in [5.74, 6) is -1.52. The normalized spacial score (nSPS) is 10.6. The summed E-state index contributed by atoms with van der Waals surface area (Å²) < 4.78 is 24.3. The maximum absolute atomic E-state index is 12.1. The molecule has 4 nitrogen and oxygen atoms in total. The molecule has 0 fully saturated rings. The molecule has 0 amide bonds. The topological polar surface area (TPSA) is 70.2 Å². The lowest BCUT2D eigenvalue weighted by Gasteiger charge is -2.02. The highest BCUT2D eigenvalue weighted by Gasteiger charge is 2.17. The van der Waals surface area contributed by atoms with Crippen molar-refractivity contribution in [1.29, 1.82) is 0 Å². The van der Waals surface area contributed by atoms with E-state index in [0.29, 0.717) is 6.07 Å². The zero-order chi connectivity index (χ0) is 10.9. The Morgan fingerprint density at radius 2 is 2.14 bits per heavy atom. The van der Waals surface area contributed by atoms with Crippen molar-refractivity contribution in [3.05, 3.63) is 32.7 Å². The van der Waals surface area contributed by atoms with Gasteiger partial charge in [-0.2, -0.15) is 0 Å². The second-order valence-corrected chi connectivity index (χ2v) is 2.79. The number of rotatable bonds is 2. The summed E-state index contributed by atoms with van der Waals surface area (Å²) >= 11 is 5.33. The van der Waals surface area contributed by atoms with Gasteiger partial charge in [0.05, 0.1) is 5.02 Å². The molecule has 1 aromatic rings. The fourth-order valence-electron chi connectivity index (χ4n) is 0.837. The second-order valence-electron chi connectivity index (χ2n) is 2.38. The number of H-pyrrole nitrogens is 1. The average Bonchev–Trinajstić information content (AvgIpc) is 2.07. The van der Waals surface area contributed by atoms with E-state index in [4.69, 9.17) is 16.7 Å². The molecule has 0 aromatic carbocycles. The van der Waals surface area contributed by atoms with Crippen molar-refractivity contribution in [2.45, 2.75) is 6.43 Å². The highest BCUT2D eigenvalue weighted by Crippen LogP contribution is 2.23. The van der Waals surface area contributed by atoms with Crippen LogP contribution in [0.1, 0.15) is 22.5 Å². The summed E-state index contributed by atoms with van der Waals surface area (Å²) in [5, 5.41) is 7.98. The van der Waals surface area contributed by atoms with Crippen LogP contribution >= 0.6 is 11.6 Å². The van der Waals surface area contributed by atoms with Crippen molar-refractivity contribution in [1.82, 2.24) is 4.98 Å². The summed E-state index contributed by atoms with van der Waals surface area (Å²) in [5.41, 5.74) is -2.54.